The molecule has 1 aliphatic heterocycles. The molecular formula is C19H15FN2O2S. The summed E-state index contributed by atoms with van der Waals surface area (Å²) >= 11 is 0. The Morgan fingerprint density at radius 1 is 1.12 bits per heavy atom. The quantitative estimate of drug-likeness (QED) is 0.727. The molecule has 0 radical (unpaired) electrons. The van der Waals surface area contributed by atoms with Gasteiger partial charge < -0.3 is 4.57 Å². The SMILES string of the molecule is C=S1C(=O)NC(=O)C1c1cn(Cc2ccccc2F)c2ccccc12. The van der Waals surface area contributed by atoms with Crippen molar-refractivity contribution in [2.75, 3.05) is 0 Å². The molecule has 2 aromatic carbocycles. The molecular weight excluding hydrogens is 339 g/mol. The van der Waals surface area contributed by atoms with Gasteiger partial charge in [0.1, 0.15) is 11.1 Å². The van der Waals surface area contributed by atoms with Crippen LogP contribution in [0.15, 0.2) is 54.7 Å². The number of amides is 2. The molecule has 126 valence electrons. The van der Waals surface area contributed by atoms with Gasteiger partial charge in [0.15, 0.2) is 0 Å². The Hall–Kier alpha value is -2.73. The molecule has 0 spiro atoms. The molecule has 1 saturated heterocycles. The Labute approximate surface area is 146 Å². The summed E-state index contributed by atoms with van der Waals surface area (Å²) in [5.41, 5.74) is 2.22. The van der Waals surface area contributed by atoms with E-state index < -0.39 is 15.7 Å². The Kier molecular flexibility index (Phi) is 3.77. The minimum atomic E-state index is -0.967. The molecule has 2 heterocycles. The molecule has 1 aliphatic rings. The maximum absolute atomic E-state index is 14.0. The van der Waals surface area contributed by atoms with E-state index in [0.29, 0.717) is 12.1 Å². The molecule has 4 rings (SSSR count). The van der Waals surface area contributed by atoms with E-state index in [4.69, 9.17) is 0 Å². The fraction of sp³-hybridized carbons (Fsp3) is 0.105. The van der Waals surface area contributed by atoms with Gasteiger partial charge in [-0.15, -0.1) is 0 Å². The van der Waals surface area contributed by atoms with Crippen molar-refractivity contribution in [1.29, 1.82) is 0 Å². The van der Waals surface area contributed by atoms with Crippen molar-refractivity contribution in [3.63, 3.8) is 0 Å². The molecule has 2 atom stereocenters. The van der Waals surface area contributed by atoms with Crippen LogP contribution in [0.3, 0.4) is 0 Å². The van der Waals surface area contributed by atoms with Crippen molar-refractivity contribution in [2.45, 2.75) is 11.8 Å². The monoisotopic (exact) mass is 354 g/mol. The van der Waals surface area contributed by atoms with E-state index in [1.54, 1.807) is 18.2 Å². The van der Waals surface area contributed by atoms with E-state index in [2.05, 4.69) is 11.2 Å². The standard InChI is InChI=1S/C19H15FN2O2S/c1-25-17(18(23)21-19(25)24)14-11-22(16-9-5-3-7-13(14)16)10-12-6-2-4-8-15(12)20/h2-9,11,17H,1,10H2,(H,21,23,24). The van der Waals surface area contributed by atoms with Crippen LogP contribution in [-0.4, -0.2) is 21.6 Å². The second-order valence-electron chi connectivity index (χ2n) is 5.91. The third-order valence-corrected chi connectivity index (χ3v) is 6.00. The van der Waals surface area contributed by atoms with E-state index in [1.165, 1.54) is 6.07 Å². The molecule has 1 N–H and O–H groups in total. The maximum atomic E-state index is 14.0. The lowest BCUT2D eigenvalue weighted by atomic mass is 10.1. The van der Waals surface area contributed by atoms with Crippen LogP contribution in [0.4, 0.5) is 9.18 Å². The van der Waals surface area contributed by atoms with Gasteiger partial charge in [0, 0.05) is 28.2 Å². The van der Waals surface area contributed by atoms with Gasteiger partial charge in [-0.2, -0.15) is 0 Å². The van der Waals surface area contributed by atoms with Crippen molar-refractivity contribution in [1.82, 2.24) is 9.88 Å². The first-order chi connectivity index (χ1) is 12.1. The summed E-state index contributed by atoms with van der Waals surface area (Å²) in [6.45, 7) is 0.348. The number of nitrogens with zero attached hydrogens (tertiary/aromatic N) is 1. The number of rotatable bonds is 3. The molecule has 2 unspecified atom stereocenters. The van der Waals surface area contributed by atoms with Crippen molar-refractivity contribution < 1.29 is 14.0 Å². The molecule has 6 heteroatoms. The third-order valence-electron chi connectivity index (χ3n) is 4.39. The number of hydrogen-bond acceptors (Lipinski definition) is 2. The van der Waals surface area contributed by atoms with E-state index >= 15 is 0 Å². The summed E-state index contributed by atoms with van der Waals surface area (Å²) in [4.78, 5) is 24.0. The molecule has 1 fully saturated rings. The number of benzene rings is 2. The van der Waals surface area contributed by atoms with Gasteiger partial charge >= 0.3 is 0 Å². The zero-order valence-electron chi connectivity index (χ0n) is 13.2. The van der Waals surface area contributed by atoms with Gasteiger partial charge in [-0.3, -0.25) is 14.9 Å². The van der Waals surface area contributed by atoms with Crippen LogP contribution in [0.5, 0.6) is 0 Å². The van der Waals surface area contributed by atoms with Crippen LogP contribution in [0, 0.1) is 5.82 Å². The smallest absolute Gasteiger partial charge is 0.280 e. The van der Waals surface area contributed by atoms with Crippen LogP contribution >= 0.6 is 10.5 Å². The van der Waals surface area contributed by atoms with Gasteiger partial charge in [-0.05, 0) is 12.1 Å². The summed E-state index contributed by atoms with van der Waals surface area (Å²) in [5, 5.41) is 2.30. The van der Waals surface area contributed by atoms with Crippen LogP contribution in [0.25, 0.3) is 10.9 Å². The summed E-state index contributed by atoms with van der Waals surface area (Å²) in [5.74, 6) is 3.27. The number of aromatic nitrogens is 1. The average molecular weight is 354 g/mol. The largest absolute Gasteiger partial charge is 0.343 e. The molecule has 1 aromatic heterocycles. The topological polar surface area (TPSA) is 51.1 Å². The highest BCUT2D eigenvalue weighted by Crippen LogP contribution is 2.42. The normalized spacial score (nSPS) is 20.2. The predicted molar refractivity (Wildman–Crippen MR) is 98.4 cm³/mol. The maximum Gasteiger partial charge on any atom is 0.280 e. The minimum Gasteiger partial charge on any atom is -0.343 e. The number of nitrogens with one attached hydrogen (secondary N) is 1. The van der Waals surface area contributed by atoms with Gasteiger partial charge in [-0.1, -0.05) is 52.8 Å². The van der Waals surface area contributed by atoms with Gasteiger partial charge in [-0.25, -0.2) is 4.39 Å². The summed E-state index contributed by atoms with van der Waals surface area (Å²) in [7, 11) is -0.967. The van der Waals surface area contributed by atoms with Crippen LogP contribution < -0.4 is 5.32 Å². The van der Waals surface area contributed by atoms with Gasteiger partial charge in [0.25, 0.3) is 5.24 Å². The first-order valence-electron chi connectivity index (χ1n) is 7.75. The molecule has 4 nitrogen and oxygen atoms in total. The van der Waals surface area contributed by atoms with Crippen LogP contribution in [0.1, 0.15) is 16.4 Å². The Balaban J connectivity index is 1.85. The zero-order chi connectivity index (χ0) is 17.6. The lowest BCUT2D eigenvalue weighted by Gasteiger charge is -2.07. The summed E-state index contributed by atoms with van der Waals surface area (Å²) in [6.07, 6.45) is 1.84. The van der Waals surface area contributed by atoms with Crippen molar-refractivity contribution in [2.24, 2.45) is 0 Å². The highest BCUT2D eigenvalue weighted by Gasteiger charge is 2.37. The van der Waals surface area contributed by atoms with Crippen LogP contribution in [0.2, 0.25) is 0 Å². The highest BCUT2D eigenvalue weighted by atomic mass is 32.2. The number of imide groups is 1. The molecule has 0 bridgehead atoms. The Morgan fingerprint density at radius 2 is 1.84 bits per heavy atom. The third kappa shape index (κ3) is 2.59. The number of hydrogen-bond donors (Lipinski definition) is 1. The number of halogens is 1. The summed E-state index contributed by atoms with van der Waals surface area (Å²) in [6, 6.07) is 14.2. The van der Waals surface area contributed by atoms with Crippen molar-refractivity contribution in [3.8, 4) is 0 Å². The first-order valence-corrected chi connectivity index (χ1v) is 9.21. The highest BCUT2D eigenvalue weighted by molar-refractivity contribution is 8.28. The fourth-order valence-electron chi connectivity index (χ4n) is 3.19. The zero-order valence-corrected chi connectivity index (χ0v) is 14.1. The molecule has 0 saturated carbocycles. The lowest BCUT2D eigenvalue weighted by Crippen LogP contribution is -2.20. The number of para-hydroxylation sites is 1. The van der Waals surface area contributed by atoms with E-state index in [9.17, 15) is 14.0 Å². The van der Waals surface area contributed by atoms with Gasteiger partial charge in [0.2, 0.25) is 5.91 Å². The van der Waals surface area contributed by atoms with Gasteiger partial charge in [0.05, 0.1) is 6.54 Å². The lowest BCUT2D eigenvalue weighted by molar-refractivity contribution is -0.119. The van der Waals surface area contributed by atoms with E-state index in [1.807, 2.05) is 35.0 Å². The van der Waals surface area contributed by atoms with Crippen LogP contribution in [-0.2, 0) is 11.3 Å². The number of carbonyl (C=O) groups excluding carboxylic acids is 2. The number of carbonyl (C=O) groups is 2. The Bertz CT molecular complexity index is 1040. The first kappa shape index (κ1) is 15.8. The van der Waals surface area contributed by atoms with E-state index in [0.717, 1.165) is 16.5 Å². The van der Waals surface area contributed by atoms with Crippen molar-refractivity contribution in [3.05, 3.63) is 71.7 Å². The molecule has 0 aliphatic carbocycles. The van der Waals surface area contributed by atoms with Crippen molar-refractivity contribution >= 4 is 38.4 Å². The minimum absolute atomic E-state index is 0.271. The molecule has 25 heavy (non-hydrogen) atoms. The van der Waals surface area contributed by atoms with E-state index in [-0.39, 0.29) is 17.0 Å². The average Bonchev–Trinajstić information content (AvgIpc) is 3.07. The molecule has 2 amide bonds. The fourth-order valence-corrected chi connectivity index (χ4v) is 4.44. The Morgan fingerprint density at radius 3 is 2.56 bits per heavy atom. The second kappa shape index (κ2) is 5.97. The predicted octanol–water partition coefficient (Wildman–Crippen LogP) is 3.82. The second-order valence-corrected chi connectivity index (χ2v) is 7.61. The number of fused-ring (bicyclic) bond motifs is 1. The molecule has 3 aromatic rings. The summed E-state index contributed by atoms with van der Waals surface area (Å²) < 4.78 is 15.9.